The lowest BCUT2D eigenvalue weighted by molar-refractivity contribution is -0.220. The van der Waals surface area contributed by atoms with E-state index in [4.69, 9.17) is 14.2 Å². The van der Waals surface area contributed by atoms with Crippen LogP contribution in [0.4, 0.5) is 0 Å². The van der Waals surface area contributed by atoms with Gasteiger partial charge in [-0.15, -0.1) is 0 Å². The Balaban J connectivity index is 1.85. The minimum Gasteiger partial charge on any atom is -0.483 e. The lowest BCUT2D eigenvalue weighted by atomic mass is 9.67. The summed E-state index contributed by atoms with van der Waals surface area (Å²) in [4.78, 5) is 25.3. The van der Waals surface area contributed by atoms with Crippen molar-refractivity contribution in [1.29, 1.82) is 0 Å². The highest BCUT2D eigenvalue weighted by Gasteiger charge is 2.74. The van der Waals surface area contributed by atoms with E-state index in [1.54, 1.807) is 20.8 Å². The monoisotopic (exact) mass is 364 g/mol. The van der Waals surface area contributed by atoms with Crippen molar-refractivity contribution >= 4 is 11.8 Å². The number of carbonyl (C=O) groups excluding carboxylic acids is 2. The smallest absolute Gasteiger partial charge is 0.318 e. The van der Waals surface area contributed by atoms with Gasteiger partial charge in [-0.2, -0.15) is 0 Å². The first-order valence-electron chi connectivity index (χ1n) is 8.90. The average Bonchev–Trinajstić information content (AvgIpc) is 3.08. The highest BCUT2D eigenvalue weighted by atomic mass is 16.7. The molecule has 4 aliphatic heterocycles. The highest BCUT2D eigenvalue weighted by molar-refractivity contribution is 5.99. The number of hydrogen-bond donors (Lipinski definition) is 2. The zero-order valence-electron chi connectivity index (χ0n) is 15.2. The van der Waals surface area contributed by atoms with Crippen LogP contribution >= 0.6 is 0 Å². The molecule has 0 saturated carbocycles. The molecule has 26 heavy (non-hydrogen) atoms. The molecule has 7 nitrogen and oxygen atoms in total. The van der Waals surface area contributed by atoms with E-state index in [2.05, 4.69) is 6.58 Å². The minimum atomic E-state index is -1.88. The fraction of sp³-hybridized carbons (Fsp3) is 0.684. The van der Waals surface area contributed by atoms with Crippen LogP contribution in [0.15, 0.2) is 24.0 Å². The SMILES string of the molecule is C=C(C)[C@@]1(O)O[C@H]2C[C@@]3(C)OC(=CC3=O)[C@H](CO)C[C@H]3OC(=O)[C@@]1(C)[C@H]23. The summed E-state index contributed by atoms with van der Waals surface area (Å²) in [6.07, 6.45) is 0.705. The normalized spacial score (nSPS) is 49.5. The van der Waals surface area contributed by atoms with Crippen LogP contribution in [0, 0.1) is 17.3 Å². The Labute approximate surface area is 151 Å². The van der Waals surface area contributed by atoms with Crippen molar-refractivity contribution in [1.82, 2.24) is 0 Å². The van der Waals surface area contributed by atoms with E-state index >= 15 is 0 Å². The molecule has 4 rings (SSSR count). The molecule has 0 unspecified atom stereocenters. The van der Waals surface area contributed by atoms with Gasteiger partial charge in [0, 0.05) is 24.3 Å². The molecule has 2 bridgehead atoms. The van der Waals surface area contributed by atoms with E-state index in [1.165, 1.54) is 6.08 Å². The molecule has 3 saturated heterocycles. The predicted molar refractivity (Wildman–Crippen MR) is 88.5 cm³/mol. The third-order valence-corrected chi connectivity index (χ3v) is 6.62. The van der Waals surface area contributed by atoms with E-state index in [1.807, 2.05) is 0 Å². The zero-order chi connectivity index (χ0) is 19.1. The molecular weight excluding hydrogens is 340 g/mol. The summed E-state index contributed by atoms with van der Waals surface area (Å²) in [7, 11) is 0. The maximum absolute atomic E-state index is 12.8. The Bertz CT molecular complexity index is 742. The second kappa shape index (κ2) is 5.18. The molecule has 0 aromatic rings. The Morgan fingerprint density at radius 1 is 1.35 bits per heavy atom. The molecule has 0 aromatic heterocycles. The summed E-state index contributed by atoms with van der Waals surface area (Å²) in [5.41, 5.74) is -2.18. The van der Waals surface area contributed by atoms with Crippen LogP contribution in [0.2, 0.25) is 0 Å². The van der Waals surface area contributed by atoms with E-state index in [-0.39, 0.29) is 18.8 Å². The Morgan fingerprint density at radius 3 is 2.65 bits per heavy atom. The number of ether oxygens (including phenoxy) is 3. The first-order chi connectivity index (χ1) is 12.1. The largest absolute Gasteiger partial charge is 0.483 e. The molecule has 7 atom stereocenters. The summed E-state index contributed by atoms with van der Waals surface area (Å²) in [5, 5.41) is 21.0. The van der Waals surface area contributed by atoms with Crippen molar-refractivity contribution < 1.29 is 34.0 Å². The number of esters is 1. The van der Waals surface area contributed by atoms with Gasteiger partial charge in [0.1, 0.15) is 17.3 Å². The van der Waals surface area contributed by atoms with Crippen molar-refractivity contribution in [3.8, 4) is 0 Å². The van der Waals surface area contributed by atoms with Crippen LogP contribution < -0.4 is 0 Å². The van der Waals surface area contributed by atoms with Gasteiger partial charge in [-0.25, -0.2) is 0 Å². The lowest BCUT2D eigenvalue weighted by Crippen LogP contribution is -2.49. The Morgan fingerprint density at radius 2 is 2.04 bits per heavy atom. The van der Waals surface area contributed by atoms with Gasteiger partial charge in [0.15, 0.2) is 5.60 Å². The fourth-order valence-corrected chi connectivity index (χ4v) is 5.05. The first kappa shape index (κ1) is 17.7. The van der Waals surface area contributed by atoms with Crippen LogP contribution in [-0.2, 0) is 23.8 Å². The van der Waals surface area contributed by atoms with Gasteiger partial charge in [0.25, 0.3) is 0 Å². The van der Waals surface area contributed by atoms with E-state index < -0.39 is 46.8 Å². The topological polar surface area (TPSA) is 102 Å². The Kier molecular flexibility index (Phi) is 3.53. The Hall–Kier alpha value is -1.70. The molecule has 4 aliphatic rings. The van der Waals surface area contributed by atoms with Crippen LogP contribution in [0.1, 0.15) is 33.6 Å². The summed E-state index contributed by atoms with van der Waals surface area (Å²) in [5.74, 6) is -3.14. The molecule has 0 aromatic carbocycles. The third-order valence-electron chi connectivity index (χ3n) is 6.62. The number of aliphatic hydroxyl groups is 2. The number of fused-ring (bicyclic) bond motifs is 2. The molecule has 3 fully saturated rings. The van der Waals surface area contributed by atoms with Gasteiger partial charge in [0.05, 0.1) is 12.7 Å². The van der Waals surface area contributed by atoms with Gasteiger partial charge >= 0.3 is 5.97 Å². The van der Waals surface area contributed by atoms with Crippen LogP contribution in [-0.4, -0.2) is 52.2 Å². The number of carbonyl (C=O) groups is 2. The average molecular weight is 364 g/mol. The maximum atomic E-state index is 12.8. The van der Waals surface area contributed by atoms with E-state index in [9.17, 15) is 19.8 Å². The second-order valence-electron chi connectivity index (χ2n) is 8.32. The third kappa shape index (κ3) is 1.94. The fourth-order valence-electron chi connectivity index (χ4n) is 5.05. The predicted octanol–water partition coefficient (Wildman–Crippen LogP) is 0.842. The number of aliphatic hydroxyl groups excluding tert-OH is 1. The standard InChI is InChI=1S/C19H24O7/c1-9(2)19(23)18(4)15-12(24-16(18)22)5-10(8-20)11-6-14(21)17(3,25-11)7-13(15)26-19/h6,10,12-13,15,20,23H,1,5,7-8H2,2-4H3/t10-,12+,13-,15-,17+,18+,19+/m0/s1. The minimum absolute atomic E-state index is 0.174. The van der Waals surface area contributed by atoms with Crippen molar-refractivity contribution in [2.24, 2.45) is 17.3 Å². The number of hydrogen-bond acceptors (Lipinski definition) is 7. The van der Waals surface area contributed by atoms with E-state index in [0.29, 0.717) is 17.8 Å². The first-order valence-corrected chi connectivity index (χ1v) is 8.90. The van der Waals surface area contributed by atoms with E-state index in [0.717, 1.165) is 0 Å². The lowest BCUT2D eigenvalue weighted by Gasteiger charge is -2.34. The molecule has 0 aliphatic carbocycles. The summed E-state index contributed by atoms with van der Waals surface area (Å²) in [6, 6.07) is 0. The number of ketones is 1. The van der Waals surface area contributed by atoms with Crippen molar-refractivity contribution in [2.45, 2.75) is 57.2 Å². The molecule has 0 spiro atoms. The van der Waals surface area contributed by atoms with Crippen molar-refractivity contribution in [2.75, 3.05) is 6.61 Å². The van der Waals surface area contributed by atoms with Gasteiger partial charge in [-0.3, -0.25) is 9.59 Å². The van der Waals surface area contributed by atoms with Gasteiger partial charge < -0.3 is 24.4 Å². The van der Waals surface area contributed by atoms with Crippen LogP contribution in [0.3, 0.4) is 0 Å². The second-order valence-corrected chi connectivity index (χ2v) is 8.32. The molecule has 2 N–H and O–H groups in total. The number of rotatable bonds is 2. The zero-order valence-corrected chi connectivity index (χ0v) is 15.2. The summed E-state index contributed by atoms with van der Waals surface area (Å²) in [6.45, 7) is 8.48. The van der Waals surface area contributed by atoms with Crippen molar-refractivity contribution in [3.63, 3.8) is 0 Å². The van der Waals surface area contributed by atoms with Crippen molar-refractivity contribution in [3.05, 3.63) is 24.0 Å². The van der Waals surface area contributed by atoms with Crippen LogP contribution in [0.5, 0.6) is 0 Å². The molecule has 4 heterocycles. The highest BCUT2D eigenvalue weighted by Crippen LogP contribution is 2.61. The van der Waals surface area contributed by atoms with Gasteiger partial charge in [-0.05, 0) is 32.8 Å². The molecule has 0 amide bonds. The summed E-state index contributed by atoms with van der Waals surface area (Å²) < 4.78 is 17.5. The van der Waals surface area contributed by atoms with Gasteiger partial charge in [-0.1, -0.05) is 6.58 Å². The van der Waals surface area contributed by atoms with Gasteiger partial charge in [0.2, 0.25) is 11.6 Å². The molecular formula is C19H24O7. The quantitative estimate of drug-likeness (QED) is 0.553. The van der Waals surface area contributed by atoms with Crippen LogP contribution in [0.25, 0.3) is 0 Å². The summed E-state index contributed by atoms with van der Waals surface area (Å²) >= 11 is 0. The maximum Gasteiger partial charge on any atom is 0.318 e. The molecule has 0 radical (unpaired) electrons. The molecule has 7 heteroatoms. The molecule has 142 valence electrons.